The van der Waals surface area contributed by atoms with Gasteiger partial charge in [-0.3, -0.25) is 0 Å². The molecule has 114 valence electrons. The van der Waals surface area contributed by atoms with Crippen molar-refractivity contribution in [2.75, 3.05) is 13.7 Å². The minimum atomic E-state index is 0.646. The third kappa shape index (κ3) is 2.64. The molecule has 0 aliphatic rings. The number of para-hydroxylation sites is 1. The van der Waals surface area contributed by atoms with Crippen LogP contribution in [0, 0.1) is 6.92 Å². The molecule has 1 heterocycles. The molecule has 1 aromatic heterocycles. The number of aromatic amines is 1. The molecule has 3 aromatic rings. The van der Waals surface area contributed by atoms with Crippen LogP contribution in [-0.4, -0.2) is 23.7 Å². The maximum absolute atomic E-state index is 5.90. The van der Waals surface area contributed by atoms with Gasteiger partial charge in [-0.15, -0.1) is 0 Å². The van der Waals surface area contributed by atoms with Gasteiger partial charge in [0.15, 0.2) is 11.5 Å². The molecule has 1 N–H and O–H groups in total. The lowest BCUT2D eigenvalue weighted by molar-refractivity contribution is 0.295. The van der Waals surface area contributed by atoms with Gasteiger partial charge in [0.05, 0.1) is 30.3 Å². The van der Waals surface area contributed by atoms with Crippen LogP contribution in [0.1, 0.15) is 18.9 Å². The summed E-state index contributed by atoms with van der Waals surface area (Å²) in [7, 11) is 1.65. The Morgan fingerprint density at radius 3 is 2.82 bits per heavy atom. The number of ether oxygens (including phenoxy) is 2. The van der Waals surface area contributed by atoms with Crippen molar-refractivity contribution in [3.05, 3.63) is 42.0 Å². The second-order valence-electron chi connectivity index (χ2n) is 5.29. The smallest absolute Gasteiger partial charge is 0.172 e. The van der Waals surface area contributed by atoms with Gasteiger partial charge in [0.25, 0.3) is 0 Å². The maximum atomic E-state index is 5.90. The van der Waals surface area contributed by atoms with Crippen LogP contribution in [0.4, 0.5) is 0 Å². The molecule has 3 rings (SSSR count). The fraction of sp³-hybridized carbons (Fsp3) is 0.278. The number of H-pyrrole nitrogens is 1. The van der Waals surface area contributed by atoms with Crippen molar-refractivity contribution < 1.29 is 9.47 Å². The van der Waals surface area contributed by atoms with E-state index < -0.39 is 0 Å². The van der Waals surface area contributed by atoms with Gasteiger partial charge in [-0.25, -0.2) is 4.98 Å². The Bertz CT molecular complexity index is 793. The lowest BCUT2D eigenvalue weighted by Gasteiger charge is -2.13. The van der Waals surface area contributed by atoms with Crippen LogP contribution in [0.2, 0.25) is 0 Å². The van der Waals surface area contributed by atoms with E-state index >= 15 is 0 Å². The molecule has 0 fully saturated rings. The highest BCUT2D eigenvalue weighted by Gasteiger charge is 2.15. The molecule has 22 heavy (non-hydrogen) atoms. The number of imidazole rings is 1. The number of methoxy groups -OCH3 is 1. The molecule has 0 amide bonds. The number of benzene rings is 2. The van der Waals surface area contributed by atoms with E-state index in [0.717, 1.165) is 40.3 Å². The molecule has 4 nitrogen and oxygen atoms in total. The third-order valence-corrected chi connectivity index (χ3v) is 3.54. The van der Waals surface area contributed by atoms with Gasteiger partial charge in [0, 0.05) is 0 Å². The molecule has 4 heteroatoms. The normalized spacial score (nSPS) is 10.9. The largest absolute Gasteiger partial charge is 0.493 e. The lowest BCUT2D eigenvalue weighted by atomic mass is 10.1. The fourth-order valence-corrected chi connectivity index (χ4v) is 2.47. The Labute approximate surface area is 130 Å². The molecule has 0 bridgehead atoms. The van der Waals surface area contributed by atoms with Gasteiger partial charge >= 0.3 is 0 Å². The van der Waals surface area contributed by atoms with Crippen LogP contribution in [0.25, 0.3) is 22.4 Å². The Morgan fingerprint density at radius 1 is 1.18 bits per heavy atom. The van der Waals surface area contributed by atoms with Gasteiger partial charge in [0.2, 0.25) is 0 Å². The standard InChI is InChI=1S/C18H20N2O2/c1-4-10-22-17-13(6-5-7-16(17)21-3)18-19-14-9-8-12(2)11-15(14)20-18/h5-9,11H,4,10H2,1-3H3,(H,19,20). The number of hydrogen-bond donors (Lipinski definition) is 1. The summed E-state index contributed by atoms with van der Waals surface area (Å²) in [5.41, 5.74) is 4.10. The van der Waals surface area contributed by atoms with Crippen LogP contribution in [0.3, 0.4) is 0 Å². The molecule has 0 aliphatic carbocycles. The SMILES string of the molecule is CCCOc1c(OC)cccc1-c1nc2ccc(C)cc2[nH]1. The highest BCUT2D eigenvalue weighted by atomic mass is 16.5. The van der Waals surface area contributed by atoms with E-state index in [1.54, 1.807) is 7.11 Å². The summed E-state index contributed by atoms with van der Waals surface area (Å²) in [4.78, 5) is 8.05. The van der Waals surface area contributed by atoms with Crippen LogP contribution in [-0.2, 0) is 0 Å². The zero-order valence-electron chi connectivity index (χ0n) is 13.1. The molecular weight excluding hydrogens is 276 g/mol. The highest BCUT2D eigenvalue weighted by molar-refractivity contribution is 5.82. The average molecular weight is 296 g/mol. The summed E-state index contributed by atoms with van der Waals surface area (Å²) < 4.78 is 11.3. The van der Waals surface area contributed by atoms with E-state index in [0.29, 0.717) is 6.61 Å². The average Bonchev–Trinajstić information content (AvgIpc) is 2.95. The molecule has 2 aromatic carbocycles. The number of rotatable bonds is 5. The van der Waals surface area contributed by atoms with Gasteiger partial charge in [-0.2, -0.15) is 0 Å². The Hall–Kier alpha value is -2.49. The molecule has 0 saturated heterocycles. The topological polar surface area (TPSA) is 47.1 Å². The summed E-state index contributed by atoms with van der Waals surface area (Å²) in [5.74, 6) is 2.26. The first kappa shape index (κ1) is 14.4. The number of nitrogens with one attached hydrogen (secondary N) is 1. The Kier molecular flexibility index (Phi) is 4.00. The number of aromatic nitrogens is 2. The second-order valence-corrected chi connectivity index (χ2v) is 5.29. The summed E-state index contributed by atoms with van der Waals surface area (Å²) in [6.07, 6.45) is 0.941. The highest BCUT2D eigenvalue weighted by Crippen LogP contribution is 2.37. The van der Waals surface area contributed by atoms with Crippen molar-refractivity contribution in [2.45, 2.75) is 20.3 Å². The number of hydrogen-bond acceptors (Lipinski definition) is 3. The van der Waals surface area contributed by atoms with Crippen molar-refractivity contribution in [3.63, 3.8) is 0 Å². The van der Waals surface area contributed by atoms with Crippen LogP contribution in [0.15, 0.2) is 36.4 Å². The molecule has 0 radical (unpaired) electrons. The molecule has 0 unspecified atom stereocenters. The summed E-state index contributed by atoms with van der Waals surface area (Å²) in [6.45, 7) is 4.80. The quantitative estimate of drug-likeness (QED) is 0.762. The van der Waals surface area contributed by atoms with Gasteiger partial charge < -0.3 is 14.5 Å². The number of aryl methyl sites for hydroxylation is 1. The van der Waals surface area contributed by atoms with E-state index in [2.05, 4.69) is 35.9 Å². The predicted molar refractivity (Wildman–Crippen MR) is 88.6 cm³/mol. The van der Waals surface area contributed by atoms with Crippen molar-refractivity contribution in [3.8, 4) is 22.9 Å². The second kappa shape index (κ2) is 6.10. The first-order chi connectivity index (χ1) is 10.7. The van der Waals surface area contributed by atoms with Crippen molar-refractivity contribution in [2.24, 2.45) is 0 Å². The van der Waals surface area contributed by atoms with Crippen molar-refractivity contribution >= 4 is 11.0 Å². The first-order valence-corrected chi connectivity index (χ1v) is 7.49. The predicted octanol–water partition coefficient (Wildman–Crippen LogP) is 4.34. The van der Waals surface area contributed by atoms with Crippen LogP contribution in [0.5, 0.6) is 11.5 Å². The molecule has 0 atom stereocenters. The molecule has 0 aliphatic heterocycles. The van der Waals surface area contributed by atoms with Crippen molar-refractivity contribution in [1.29, 1.82) is 0 Å². The van der Waals surface area contributed by atoms with E-state index in [4.69, 9.17) is 9.47 Å². The zero-order valence-corrected chi connectivity index (χ0v) is 13.1. The minimum Gasteiger partial charge on any atom is -0.493 e. The van der Waals surface area contributed by atoms with Gasteiger partial charge in [0.1, 0.15) is 5.82 Å². The van der Waals surface area contributed by atoms with Gasteiger partial charge in [-0.05, 0) is 43.2 Å². The molecular formula is C18H20N2O2. The first-order valence-electron chi connectivity index (χ1n) is 7.49. The van der Waals surface area contributed by atoms with Crippen LogP contribution >= 0.6 is 0 Å². The number of nitrogens with zero attached hydrogens (tertiary/aromatic N) is 1. The monoisotopic (exact) mass is 296 g/mol. The summed E-state index contributed by atoms with van der Waals surface area (Å²) in [6, 6.07) is 12.0. The lowest BCUT2D eigenvalue weighted by Crippen LogP contribution is -2.00. The number of fused-ring (bicyclic) bond motifs is 1. The van der Waals surface area contributed by atoms with Gasteiger partial charge in [-0.1, -0.05) is 19.1 Å². The van der Waals surface area contributed by atoms with E-state index in [-0.39, 0.29) is 0 Å². The van der Waals surface area contributed by atoms with Crippen molar-refractivity contribution in [1.82, 2.24) is 9.97 Å². The van der Waals surface area contributed by atoms with E-state index in [9.17, 15) is 0 Å². The van der Waals surface area contributed by atoms with E-state index in [1.165, 1.54) is 5.56 Å². The maximum Gasteiger partial charge on any atom is 0.172 e. The third-order valence-electron chi connectivity index (χ3n) is 3.54. The van der Waals surface area contributed by atoms with E-state index in [1.807, 2.05) is 24.3 Å². The van der Waals surface area contributed by atoms with Crippen LogP contribution < -0.4 is 9.47 Å². The minimum absolute atomic E-state index is 0.646. The summed E-state index contributed by atoms with van der Waals surface area (Å²) in [5, 5.41) is 0. The Morgan fingerprint density at radius 2 is 2.05 bits per heavy atom. The zero-order chi connectivity index (χ0) is 15.5. The molecule has 0 spiro atoms. The fourth-order valence-electron chi connectivity index (χ4n) is 2.47. The summed E-state index contributed by atoms with van der Waals surface area (Å²) >= 11 is 0. The molecule has 0 saturated carbocycles. The Balaban J connectivity index is 2.12.